The standard InChI is InChI=1S/C15H18O4/c16-9-8-15(18)7-6-13(10-15)14(17)19-11-12-4-2-1-3-5-12/h1-5,9,13,18H,6-8,10-11H2. The zero-order chi connectivity index (χ0) is 13.7. The second-order valence-electron chi connectivity index (χ2n) is 5.13. The van der Waals surface area contributed by atoms with Crippen LogP contribution in [-0.4, -0.2) is 23.0 Å². The second kappa shape index (κ2) is 5.97. The topological polar surface area (TPSA) is 63.6 Å². The lowest BCUT2D eigenvalue weighted by Gasteiger charge is -2.19. The van der Waals surface area contributed by atoms with E-state index >= 15 is 0 Å². The van der Waals surface area contributed by atoms with Crippen LogP contribution in [0, 0.1) is 5.92 Å². The van der Waals surface area contributed by atoms with E-state index in [0.717, 1.165) is 5.56 Å². The molecule has 1 fully saturated rings. The highest BCUT2D eigenvalue weighted by atomic mass is 16.5. The number of aliphatic hydroxyl groups is 1. The minimum absolute atomic E-state index is 0.0927. The zero-order valence-corrected chi connectivity index (χ0v) is 10.7. The molecule has 19 heavy (non-hydrogen) atoms. The third-order valence-corrected chi connectivity index (χ3v) is 3.61. The lowest BCUT2D eigenvalue weighted by Crippen LogP contribution is -2.26. The van der Waals surface area contributed by atoms with E-state index in [1.165, 1.54) is 0 Å². The highest BCUT2D eigenvalue weighted by Gasteiger charge is 2.40. The fourth-order valence-electron chi connectivity index (χ4n) is 2.49. The molecule has 102 valence electrons. The molecule has 4 nitrogen and oxygen atoms in total. The van der Waals surface area contributed by atoms with E-state index in [9.17, 15) is 14.7 Å². The quantitative estimate of drug-likeness (QED) is 0.649. The third-order valence-electron chi connectivity index (χ3n) is 3.61. The van der Waals surface area contributed by atoms with Crippen molar-refractivity contribution in [3.8, 4) is 0 Å². The van der Waals surface area contributed by atoms with E-state index in [-0.39, 0.29) is 24.9 Å². The Balaban J connectivity index is 1.83. The predicted molar refractivity (Wildman–Crippen MR) is 69.2 cm³/mol. The molecule has 0 spiro atoms. The van der Waals surface area contributed by atoms with Crippen LogP contribution >= 0.6 is 0 Å². The predicted octanol–water partition coefficient (Wildman–Crippen LogP) is 1.85. The first-order chi connectivity index (χ1) is 9.13. The van der Waals surface area contributed by atoms with Crippen molar-refractivity contribution < 1.29 is 19.4 Å². The van der Waals surface area contributed by atoms with Crippen LogP contribution in [0.25, 0.3) is 0 Å². The second-order valence-corrected chi connectivity index (χ2v) is 5.13. The molecule has 0 aliphatic heterocycles. The lowest BCUT2D eigenvalue weighted by molar-refractivity contribution is -0.150. The summed E-state index contributed by atoms with van der Waals surface area (Å²) in [6.07, 6.45) is 2.18. The number of hydrogen-bond acceptors (Lipinski definition) is 4. The number of esters is 1. The van der Waals surface area contributed by atoms with Crippen molar-refractivity contribution in [1.82, 2.24) is 0 Å². The van der Waals surface area contributed by atoms with Crippen LogP contribution in [0.1, 0.15) is 31.2 Å². The van der Waals surface area contributed by atoms with E-state index in [1.807, 2.05) is 30.3 Å². The number of rotatable bonds is 5. The van der Waals surface area contributed by atoms with Crippen molar-refractivity contribution in [2.45, 2.75) is 37.9 Å². The molecule has 4 heteroatoms. The number of aldehydes is 1. The van der Waals surface area contributed by atoms with Crippen LogP contribution in [0.4, 0.5) is 0 Å². The average Bonchev–Trinajstić information content (AvgIpc) is 2.80. The maximum absolute atomic E-state index is 11.9. The van der Waals surface area contributed by atoms with Gasteiger partial charge in [0, 0.05) is 6.42 Å². The summed E-state index contributed by atoms with van der Waals surface area (Å²) < 4.78 is 5.25. The van der Waals surface area contributed by atoms with Crippen LogP contribution < -0.4 is 0 Å². The summed E-state index contributed by atoms with van der Waals surface area (Å²) in [5.74, 6) is -0.584. The minimum Gasteiger partial charge on any atom is -0.461 e. The van der Waals surface area contributed by atoms with Crippen molar-refractivity contribution in [3.05, 3.63) is 35.9 Å². The van der Waals surface area contributed by atoms with Crippen molar-refractivity contribution >= 4 is 12.3 Å². The summed E-state index contributed by atoms with van der Waals surface area (Å²) >= 11 is 0. The molecule has 0 radical (unpaired) electrons. The monoisotopic (exact) mass is 262 g/mol. The van der Waals surface area contributed by atoms with E-state index in [4.69, 9.17) is 4.74 Å². The Morgan fingerprint density at radius 1 is 1.42 bits per heavy atom. The van der Waals surface area contributed by atoms with Gasteiger partial charge >= 0.3 is 5.97 Å². The lowest BCUT2D eigenvalue weighted by atomic mass is 9.97. The van der Waals surface area contributed by atoms with Gasteiger partial charge in [0.1, 0.15) is 12.9 Å². The highest BCUT2D eigenvalue weighted by Crippen LogP contribution is 2.37. The maximum Gasteiger partial charge on any atom is 0.309 e. The Morgan fingerprint density at radius 3 is 2.84 bits per heavy atom. The normalized spacial score (nSPS) is 26.1. The first-order valence-corrected chi connectivity index (χ1v) is 6.49. The molecule has 2 unspecified atom stereocenters. The molecule has 2 rings (SSSR count). The zero-order valence-electron chi connectivity index (χ0n) is 10.7. The molecule has 1 aromatic carbocycles. The molecule has 2 atom stereocenters. The molecule has 0 bridgehead atoms. The van der Waals surface area contributed by atoms with Crippen LogP contribution in [0.3, 0.4) is 0 Å². The van der Waals surface area contributed by atoms with Crippen LogP contribution in [0.5, 0.6) is 0 Å². The fourth-order valence-corrected chi connectivity index (χ4v) is 2.49. The summed E-state index contributed by atoms with van der Waals surface area (Å²) in [6.45, 7) is 0.252. The molecule has 0 aromatic heterocycles. The van der Waals surface area contributed by atoms with E-state index in [1.54, 1.807) is 0 Å². The molecule has 1 aromatic rings. The van der Waals surface area contributed by atoms with Crippen molar-refractivity contribution in [3.63, 3.8) is 0 Å². The largest absolute Gasteiger partial charge is 0.461 e. The van der Waals surface area contributed by atoms with Gasteiger partial charge in [0.05, 0.1) is 11.5 Å². The van der Waals surface area contributed by atoms with Gasteiger partial charge in [0.2, 0.25) is 0 Å². The summed E-state index contributed by atoms with van der Waals surface area (Å²) in [5.41, 5.74) is -0.0740. The molecule has 0 saturated heterocycles. The fraction of sp³-hybridized carbons (Fsp3) is 0.467. The van der Waals surface area contributed by atoms with Gasteiger partial charge in [-0.25, -0.2) is 0 Å². The maximum atomic E-state index is 11.9. The van der Waals surface area contributed by atoms with Crippen LogP contribution in [-0.2, 0) is 20.9 Å². The van der Waals surface area contributed by atoms with Gasteiger partial charge in [0.15, 0.2) is 0 Å². The Bertz CT molecular complexity index is 443. The third kappa shape index (κ3) is 3.64. The van der Waals surface area contributed by atoms with Crippen molar-refractivity contribution in [1.29, 1.82) is 0 Å². The van der Waals surface area contributed by atoms with Crippen molar-refractivity contribution in [2.24, 2.45) is 5.92 Å². The van der Waals surface area contributed by atoms with E-state index < -0.39 is 5.60 Å². The van der Waals surface area contributed by atoms with Crippen LogP contribution in [0.2, 0.25) is 0 Å². The van der Waals surface area contributed by atoms with Gasteiger partial charge in [-0.1, -0.05) is 30.3 Å². The van der Waals surface area contributed by atoms with Gasteiger partial charge in [0.25, 0.3) is 0 Å². The summed E-state index contributed by atoms with van der Waals surface area (Å²) in [7, 11) is 0. The Hall–Kier alpha value is -1.68. The van der Waals surface area contributed by atoms with Gasteiger partial charge in [-0.3, -0.25) is 4.79 Å². The molecular formula is C15H18O4. The first kappa shape index (κ1) is 13.7. The minimum atomic E-state index is -1.02. The first-order valence-electron chi connectivity index (χ1n) is 6.49. The molecule has 1 aliphatic rings. The number of carbonyl (C=O) groups is 2. The SMILES string of the molecule is O=CCC1(O)CCC(C(=O)OCc2ccccc2)C1. The number of hydrogen-bond donors (Lipinski definition) is 1. The molecule has 1 saturated carbocycles. The molecule has 0 heterocycles. The smallest absolute Gasteiger partial charge is 0.309 e. The van der Waals surface area contributed by atoms with Gasteiger partial charge in [-0.2, -0.15) is 0 Å². The number of carbonyl (C=O) groups excluding carboxylic acids is 2. The average molecular weight is 262 g/mol. The van der Waals surface area contributed by atoms with Crippen molar-refractivity contribution in [2.75, 3.05) is 0 Å². The number of benzene rings is 1. The van der Waals surface area contributed by atoms with Crippen LogP contribution in [0.15, 0.2) is 30.3 Å². The highest BCUT2D eigenvalue weighted by molar-refractivity contribution is 5.73. The molecular weight excluding hydrogens is 244 g/mol. The van der Waals surface area contributed by atoms with Gasteiger partial charge < -0.3 is 14.6 Å². The Morgan fingerprint density at radius 2 is 2.16 bits per heavy atom. The summed E-state index contributed by atoms with van der Waals surface area (Å²) in [4.78, 5) is 22.4. The molecule has 0 amide bonds. The van der Waals surface area contributed by atoms with Gasteiger partial charge in [-0.15, -0.1) is 0 Å². The Kier molecular flexibility index (Phi) is 4.32. The number of ether oxygens (including phenoxy) is 1. The Labute approximate surface area is 112 Å². The summed E-state index contributed by atoms with van der Waals surface area (Å²) in [6, 6.07) is 9.47. The van der Waals surface area contributed by atoms with E-state index in [2.05, 4.69) is 0 Å². The van der Waals surface area contributed by atoms with Gasteiger partial charge in [-0.05, 0) is 24.8 Å². The molecule has 1 N–H and O–H groups in total. The molecule has 1 aliphatic carbocycles. The summed E-state index contributed by atoms with van der Waals surface area (Å²) in [5, 5.41) is 10.1. The van der Waals surface area contributed by atoms with E-state index in [0.29, 0.717) is 25.5 Å².